The number of fused-ring (bicyclic) bond motifs is 4. The van der Waals surface area contributed by atoms with E-state index in [1.165, 1.54) is 37.0 Å². The van der Waals surface area contributed by atoms with Crippen molar-refractivity contribution in [1.29, 1.82) is 0 Å². The van der Waals surface area contributed by atoms with Gasteiger partial charge in [0.25, 0.3) is 5.91 Å². The Bertz CT molecular complexity index is 903. The molecule has 3 fully saturated rings. The van der Waals surface area contributed by atoms with E-state index in [1.807, 2.05) is 4.90 Å². The van der Waals surface area contributed by atoms with Gasteiger partial charge >= 0.3 is 0 Å². The van der Waals surface area contributed by atoms with Crippen LogP contribution in [-0.2, 0) is 0 Å². The molecule has 3 aliphatic rings. The molecular formula is C24H27FN2O2. The zero-order chi connectivity index (χ0) is 20.0. The van der Waals surface area contributed by atoms with Crippen LogP contribution in [0.15, 0.2) is 48.5 Å². The molecule has 4 nitrogen and oxygen atoms in total. The number of phenols is 1. The number of benzene rings is 2. The van der Waals surface area contributed by atoms with Crippen LogP contribution < -0.4 is 0 Å². The summed E-state index contributed by atoms with van der Waals surface area (Å²) in [5, 5.41) is 9.44. The van der Waals surface area contributed by atoms with E-state index in [0.29, 0.717) is 37.0 Å². The number of halogens is 1. The predicted molar refractivity (Wildman–Crippen MR) is 109 cm³/mol. The number of rotatable bonds is 2. The first kappa shape index (κ1) is 18.6. The zero-order valence-corrected chi connectivity index (χ0v) is 16.5. The van der Waals surface area contributed by atoms with Crippen LogP contribution >= 0.6 is 0 Å². The summed E-state index contributed by atoms with van der Waals surface area (Å²) in [5.41, 5.74) is 1.46. The smallest absolute Gasteiger partial charge is 0.256 e. The fraction of sp³-hybridized carbons (Fsp3) is 0.458. The first-order chi connectivity index (χ1) is 14.1. The highest BCUT2D eigenvalue weighted by molar-refractivity contribution is 5.94. The average Bonchev–Trinajstić information content (AvgIpc) is 2.73. The zero-order valence-electron chi connectivity index (χ0n) is 16.5. The maximum Gasteiger partial charge on any atom is 0.256 e. The minimum Gasteiger partial charge on any atom is -0.508 e. The number of nitrogens with zero attached hydrogens (tertiary/aromatic N) is 2. The molecule has 2 aromatic rings. The molecule has 3 heterocycles. The van der Waals surface area contributed by atoms with Gasteiger partial charge in [-0.15, -0.1) is 0 Å². The van der Waals surface area contributed by atoms with Crippen molar-refractivity contribution in [3.63, 3.8) is 0 Å². The maximum absolute atomic E-state index is 14.2. The van der Waals surface area contributed by atoms with Crippen molar-refractivity contribution in [1.82, 2.24) is 9.80 Å². The lowest BCUT2D eigenvalue weighted by Gasteiger charge is -2.55. The van der Waals surface area contributed by atoms with Crippen molar-refractivity contribution in [3.05, 3.63) is 65.5 Å². The van der Waals surface area contributed by atoms with Gasteiger partial charge in [-0.05, 0) is 55.2 Å². The van der Waals surface area contributed by atoms with Gasteiger partial charge in [0.05, 0.1) is 5.56 Å². The third-order valence-electron chi connectivity index (χ3n) is 7.04. The molecule has 0 saturated carbocycles. The number of carbonyl (C=O) groups excluding carboxylic acids is 1. The van der Waals surface area contributed by atoms with Gasteiger partial charge in [0.1, 0.15) is 11.6 Å². The van der Waals surface area contributed by atoms with Crippen LogP contribution in [0.4, 0.5) is 4.39 Å². The van der Waals surface area contributed by atoms with Crippen molar-refractivity contribution >= 4 is 5.91 Å². The molecule has 152 valence electrons. The molecule has 29 heavy (non-hydrogen) atoms. The van der Waals surface area contributed by atoms with Gasteiger partial charge < -0.3 is 10.0 Å². The molecule has 3 saturated heterocycles. The molecule has 5 heteroatoms. The lowest BCUT2D eigenvalue weighted by Crippen LogP contribution is -2.60. The van der Waals surface area contributed by atoms with Crippen molar-refractivity contribution in [3.8, 4) is 5.75 Å². The van der Waals surface area contributed by atoms with Gasteiger partial charge in [-0.3, -0.25) is 9.69 Å². The highest BCUT2D eigenvalue weighted by Gasteiger charge is 2.45. The average molecular weight is 394 g/mol. The third kappa shape index (κ3) is 3.42. The van der Waals surface area contributed by atoms with E-state index in [0.717, 1.165) is 19.0 Å². The molecular weight excluding hydrogens is 367 g/mol. The number of phenolic OH excluding ortho intramolecular Hbond substituents is 1. The molecule has 0 radical (unpaired) electrons. The number of carbonyl (C=O) groups is 1. The largest absolute Gasteiger partial charge is 0.508 e. The second-order valence-electron chi connectivity index (χ2n) is 8.86. The molecule has 1 N–H and O–H groups in total. The number of hydrogen-bond acceptors (Lipinski definition) is 3. The fourth-order valence-corrected chi connectivity index (χ4v) is 5.85. The summed E-state index contributed by atoms with van der Waals surface area (Å²) in [6, 6.07) is 15.5. The lowest BCUT2D eigenvalue weighted by atomic mass is 9.74. The molecule has 2 aromatic carbocycles. The Morgan fingerprint density at radius 3 is 2.66 bits per heavy atom. The van der Waals surface area contributed by atoms with E-state index in [9.17, 15) is 14.3 Å². The molecule has 4 atom stereocenters. The van der Waals surface area contributed by atoms with E-state index in [-0.39, 0.29) is 17.2 Å². The highest BCUT2D eigenvalue weighted by Crippen LogP contribution is 2.44. The number of hydrogen-bond donors (Lipinski definition) is 1. The molecule has 5 rings (SSSR count). The standard InChI is InChI=1S/C24H27FN2O2/c25-21-12-19(28)9-10-20(21)24(29)26-13-16-11-18(15-26)23-8-4-7-22(27(23)14-16)17-5-2-1-3-6-17/h1-3,5-6,9-10,12,16,18,22-23,28H,4,7-8,11,13-15H2/t16-,18+,22+,23-/m0/s1. The van der Waals surface area contributed by atoms with Crippen LogP contribution in [0.3, 0.4) is 0 Å². The number of amides is 1. The van der Waals surface area contributed by atoms with E-state index in [2.05, 4.69) is 35.2 Å². The van der Waals surface area contributed by atoms with E-state index < -0.39 is 5.82 Å². The number of likely N-dealkylation sites (tertiary alicyclic amines) is 1. The Balaban J connectivity index is 1.36. The molecule has 0 aliphatic carbocycles. The lowest BCUT2D eigenvalue weighted by molar-refractivity contribution is -0.0512. The van der Waals surface area contributed by atoms with Gasteiger partial charge in [-0.1, -0.05) is 30.3 Å². The van der Waals surface area contributed by atoms with Gasteiger partial charge in [-0.2, -0.15) is 0 Å². The Morgan fingerprint density at radius 2 is 1.86 bits per heavy atom. The molecule has 3 aliphatic heterocycles. The van der Waals surface area contributed by atoms with Crippen molar-refractivity contribution in [2.24, 2.45) is 11.8 Å². The predicted octanol–water partition coefficient (Wildman–Crippen LogP) is 4.22. The first-order valence-corrected chi connectivity index (χ1v) is 10.7. The summed E-state index contributed by atoms with van der Waals surface area (Å²) in [7, 11) is 0. The minimum atomic E-state index is -0.644. The molecule has 0 unspecified atom stereocenters. The summed E-state index contributed by atoms with van der Waals surface area (Å²) < 4.78 is 14.2. The van der Waals surface area contributed by atoms with Crippen LogP contribution in [0.5, 0.6) is 5.75 Å². The number of piperidine rings is 3. The summed E-state index contributed by atoms with van der Waals surface area (Å²) in [6.07, 6.45) is 4.74. The first-order valence-electron chi connectivity index (χ1n) is 10.7. The summed E-state index contributed by atoms with van der Waals surface area (Å²) >= 11 is 0. The second-order valence-corrected chi connectivity index (χ2v) is 8.86. The molecule has 0 aromatic heterocycles. The van der Waals surface area contributed by atoms with Gasteiger partial charge in [0, 0.05) is 37.8 Å². The monoisotopic (exact) mass is 394 g/mol. The van der Waals surface area contributed by atoms with Gasteiger partial charge in [0.15, 0.2) is 0 Å². The quantitative estimate of drug-likeness (QED) is 0.830. The highest BCUT2D eigenvalue weighted by atomic mass is 19.1. The van der Waals surface area contributed by atoms with E-state index in [1.54, 1.807) is 0 Å². The Hall–Kier alpha value is -2.40. The SMILES string of the molecule is O=C(c1ccc(O)cc1F)N1C[C@@H]2C[C@H](C1)[C@@H]1CCC[C@H](c3ccccc3)N1C2. The van der Waals surface area contributed by atoms with Crippen molar-refractivity contribution in [2.75, 3.05) is 19.6 Å². The van der Waals surface area contributed by atoms with Crippen LogP contribution in [0.2, 0.25) is 0 Å². The van der Waals surface area contributed by atoms with Gasteiger partial charge in [0.2, 0.25) is 0 Å². The minimum absolute atomic E-state index is 0.0606. The van der Waals surface area contributed by atoms with Gasteiger partial charge in [-0.25, -0.2) is 4.39 Å². The van der Waals surface area contributed by atoms with Crippen molar-refractivity contribution < 1.29 is 14.3 Å². The summed E-state index contributed by atoms with van der Waals surface area (Å²) in [4.78, 5) is 17.5. The summed E-state index contributed by atoms with van der Waals surface area (Å²) in [6.45, 7) is 2.38. The van der Waals surface area contributed by atoms with Crippen LogP contribution in [-0.4, -0.2) is 46.5 Å². The molecule has 1 amide bonds. The Morgan fingerprint density at radius 1 is 1.03 bits per heavy atom. The van der Waals surface area contributed by atoms with Crippen LogP contribution in [0.25, 0.3) is 0 Å². The second kappa shape index (κ2) is 7.45. The van der Waals surface area contributed by atoms with E-state index >= 15 is 0 Å². The van der Waals surface area contributed by atoms with E-state index in [4.69, 9.17) is 0 Å². The Kier molecular flexibility index (Phi) is 4.78. The van der Waals surface area contributed by atoms with Crippen molar-refractivity contribution in [2.45, 2.75) is 37.8 Å². The van der Waals surface area contributed by atoms with Crippen LogP contribution in [0.1, 0.15) is 47.6 Å². The third-order valence-corrected chi connectivity index (χ3v) is 7.04. The maximum atomic E-state index is 14.2. The van der Waals surface area contributed by atoms with Crippen LogP contribution in [0, 0.1) is 17.7 Å². The molecule has 2 bridgehead atoms. The normalized spacial score (nSPS) is 29.3. The molecule has 0 spiro atoms. The summed E-state index contributed by atoms with van der Waals surface area (Å²) in [5.74, 6) is -0.175. The number of aromatic hydroxyl groups is 1. The fourth-order valence-electron chi connectivity index (χ4n) is 5.85. The topological polar surface area (TPSA) is 43.8 Å². The Labute approximate surface area is 170 Å².